The summed E-state index contributed by atoms with van der Waals surface area (Å²) in [6, 6.07) is 5.66. The summed E-state index contributed by atoms with van der Waals surface area (Å²) in [5, 5.41) is 3.93. The highest BCUT2D eigenvalue weighted by Gasteiger charge is 2.05. The van der Waals surface area contributed by atoms with E-state index >= 15 is 0 Å². The maximum absolute atomic E-state index is 5.85. The van der Waals surface area contributed by atoms with Crippen molar-refractivity contribution in [1.29, 1.82) is 0 Å². The van der Waals surface area contributed by atoms with Crippen molar-refractivity contribution in [2.24, 2.45) is 0 Å². The Balaban J connectivity index is 2.89. The van der Waals surface area contributed by atoms with Crippen LogP contribution >= 0.6 is 11.6 Å². The van der Waals surface area contributed by atoms with Gasteiger partial charge in [0.05, 0.1) is 12.8 Å². The van der Waals surface area contributed by atoms with Crippen LogP contribution in [0.25, 0.3) is 0 Å². The van der Waals surface area contributed by atoms with Gasteiger partial charge in [0.2, 0.25) is 0 Å². The van der Waals surface area contributed by atoms with E-state index < -0.39 is 0 Å². The van der Waals surface area contributed by atoms with Crippen LogP contribution in [0.2, 0.25) is 5.02 Å². The number of nitrogens with one attached hydrogen (secondary N) is 1. The van der Waals surface area contributed by atoms with E-state index in [1.165, 1.54) is 0 Å². The molecule has 0 spiro atoms. The van der Waals surface area contributed by atoms with Crippen LogP contribution in [0.3, 0.4) is 0 Å². The molecule has 13 heavy (non-hydrogen) atoms. The van der Waals surface area contributed by atoms with Gasteiger partial charge in [0.1, 0.15) is 0 Å². The molecule has 3 N–H and O–H groups in total. The summed E-state index contributed by atoms with van der Waals surface area (Å²) in [6.45, 7) is 2.93. The Kier molecular flexibility index (Phi) is 4.02. The standard InChI is InChI=1S/C9H13ClN2O/c1-3-11-8-5-4-7(10)6-9(8)12-13-2/h4-6,11-12H,3H2,1-2H3/p+1. The molecule has 0 atom stereocenters. The van der Waals surface area contributed by atoms with Gasteiger partial charge < -0.3 is 5.32 Å². The number of halogens is 1. The minimum Gasteiger partial charge on any atom is -0.380 e. The van der Waals surface area contributed by atoms with Crippen molar-refractivity contribution in [3.63, 3.8) is 0 Å². The van der Waals surface area contributed by atoms with Gasteiger partial charge in [-0.15, -0.1) is 0 Å². The molecule has 1 aromatic carbocycles. The lowest BCUT2D eigenvalue weighted by Crippen LogP contribution is -2.76. The van der Waals surface area contributed by atoms with Crippen molar-refractivity contribution in [3.05, 3.63) is 23.2 Å². The van der Waals surface area contributed by atoms with Gasteiger partial charge in [0, 0.05) is 17.6 Å². The molecule has 0 unspecified atom stereocenters. The monoisotopic (exact) mass is 201 g/mol. The highest BCUT2D eigenvalue weighted by atomic mass is 35.5. The van der Waals surface area contributed by atoms with Crippen molar-refractivity contribution < 1.29 is 10.3 Å². The fourth-order valence-electron chi connectivity index (χ4n) is 1.11. The fourth-order valence-corrected chi connectivity index (χ4v) is 1.29. The molecular formula is C9H14ClN2O+. The minimum atomic E-state index is 0.713. The summed E-state index contributed by atoms with van der Waals surface area (Å²) in [4.78, 5) is 4.95. The normalized spacial score (nSPS) is 10.1. The molecule has 0 aliphatic carbocycles. The number of nitrogens with two attached hydrogens (primary N) is 1. The van der Waals surface area contributed by atoms with Gasteiger partial charge in [-0.25, -0.2) is 4.84 Å². The predicted octanol–water partition coefficient (Wildman–Crippen LogP) is 1.53. The smallest absolute Gasteiger partial charge is 0.186 e. The first-order chi connectivity index (χ1) is 6.27. The van der Waals surface area contributed by atoms with Crippen LogP contribution in [0.1, 0.15) is 6.92 Å². The molecular weight excluding hydrogens is 188 g/mol. The third-order valence-corrected chi connectivity index (χ3v) is 1.86. The lowest BCUT2D eigenvalue weighted by Gasteiger charge is -2.06. The van der Waals surface area contributed by atoms with Crippen LogP contribution in [0.4, 0.5) is 11.4 Å². The molecule has 4 heteroatoms. The Labute approximate surface area is 83.0 Å². The van der Waals surface area contributed by atoms with E-state index in [-0.39, 0.29) is 0 Å². The number of rotatable bonds is 4. The summed E-state index contributed by atoms with van der Waals surface area (Å²) < 4.78 is 0. The maximum Gasteiger partial charge on any atom is 0.186 e. The van der Waals surface area contributed by atoms with Crippen LogP contribution in [0.5, 0.6) is 0 Å². The van der Waals surface area contributed by atoms with Gasteiger partial charge in [0.25, 0.3) is 0 Å². The van der Waals surface area contributed by atoms with E-state index in [0.29, 0.717) is 5.02 Å². The second-order valence-electron chi connectivity index (χ2n) is 2.62. The summed E-state index contributed by atoms with van der Waals surface area (Å²) in [7, 11) is 1.62. The van der Waals surface area contributed by atoms with Gasteiger partial charge in [-0.1, -0.05) is 11.6 Å². The zero-order valence-electron chi connectivity index (χ0n) is 7.80. The molecule has 0 saturated carbocycles. The Morgan fingerprint density at radius 3 is 2.92 bits per heavy atom. The molecule has 0 bridgehead atoms. The van der Waals surface area contributed by atoms with Crippen molar-refractivity contribution in [3.8, 4) is 0 Å². The van der Waals surface area contributed by atoms with Crippen LogP contribution in [0.15, 0.2) is 18.2 Å². The molecule has 0 aromatic heterocycles. The van der Waals surface area contributed by atoms with E-state index in [9.17, 15) is 0 Å². The lowest BCUT2D eigenvalue weighted by atomic mass is 10.2. The summed E-state index contributed by atoms with van der Waals surface area (Å²) in [5.41, 5.74) is 3.68. The number of anilines is 1. The molecule has 0 fully saturated rings. The zero-order chi connectivity index (χ0) is 9.68. The molecule has 1 aromatic rings. The molecule has 0 aliphatic heterocycles. The molecule has 0 saturated heterocycles. The van der Waals surface area contributed by atoms with E-state index in [1.807, 2.05) is 25.1 Å². The van der Waals surface area contributed by atoms with Gasteiger partial charge in [0.15, 0.2) is 5.69 Å². The van der Waals surface area contributed by atoms with E-state index in [4.69, 9.17) is 16.4 Å². The Hall–Kier alpha value is -0.770. The molecule has 0 heterocycles. The van der Waals surface area contributed by atoms with Crippen LogP contribution in [-0.2, 0) is 4.84 Å². The summed E-state index contributed by atoms with van der Waals surface area (Å²) >= 11 is 5.85. The number of hydrogen-bond donors (Lipinski definition) is 2. The molecule has 0 radical (unpaired) electrons. The van der Waals surface area contributed by atoms with Gasteiger partial charge in [-0.05, 0) is 19.1 Å². The van der Waals surface area contributed by atoms with E-state index in [0.717, 1.165) is 17.9 Å². The second kappa shape index (κ2) is 5.07. The summed E-state index contributed by atoms with van der Waals surface area (Å²) in [5.74, 6) is 0. The van der Waals surface area contributed by atoms with Gasteiger partial charge in [-0.2, -0.15) is 5.48 Å². The van der Waals surface area contributed by atoms with Gasteiger partial charge in [-0.3, -0.25) is 0 Å². The quantitative estimate of drug-likeness (QED) is 0.573. The SMILES string of the molecule is CCNc1ccc(Cl)cc1[NH2+]OC. The number of quaternary nitrogens is 1. The Morgan fingerprint density at radius 2 is 2.31 bits per heavy atom. The molecule has 72 valence electrons. The highest BCUT2D eigenvalue weighted by molar-refractivity contribution is 6.30. The molecule has 0 amide bonds. The average Bonchev–Trinajstić information content (AvgIpc) is 2.10. The number of hydrogen-bond acceptors (Lipinski definition) is 2. The summed E-state index contributed by atoms with van der Waals surface area (Å²) in [6.07, 6.45) is 0. The van der Waals surface area contributed by atoms with Crippen LogP contribution < -0.4 is 10.8 Å². The fraction of sp³-hybridized carbons (Fsp3) is 0.333. The third kappa shape index (κ3) is 2.88. The van der Waals surface area contributed by atoms with Crippen LogP contribution in [-0.4, -0.2) is 13.7 Å². The Morgan fingerprint density at radius 1 is 1.54 bits per heavy atom. The molecule has 0 aliphatic rings. The van der Waals surface area contributed by atoms with Crippen molar-refractivity contribution in [2.75, 3.05) is 19.0 Å². The first-order valence-electron chi connectivity index (χ1n) is 4.17. The highest BCUT2D eigenvalue weighted by Crippen LogP contribution is 2.21. The van der Waals surface area contributed by atoms with Crippen molar-refractivity contribution >= 4 is 23.0 Å². The van der Waals surface area contributed by atoms with E-state index in [2.05, 4.69) is 5.32 Å². The minimum absolute atomic E-state index is 0.713. The third-order valence-electron chi connectivity index (χ3n) is 1.63. The maximum atomic E-state index is 5.85. The topological polar surface area (TPSA) is 37.9 Å². The predicted molar refractivity (Wildman–Crippen MR) is 54.2 cm³/mol. The first-order valence-corrected chi connectivity index (χ1v) is 4.55. The largest absolute Gasteiger partial charge is 0.380 e. The Bertz CT molecular complexity index is 278. The molecule has 1 rings (SSSR count). The lowest BCUT2D eigenvalue weighted by molar-refractivity contribution is -0.829. The number of benzene rings is 1. The molecule has 3 nitrogen and oxygen atoms in total. The zero-order valence-corrected chi connectivity index (χ0v) is 8.56. The van der Waals surface area contributed by atoms with Crippen molar-refractivity contribution in [1.82, 2.24) is 0 Å². The van der Waals surface area contributed by atoms with Crippen molar-refractivity contribution in [2.45, 2.75) is 6.92 Å². The van der Waals surface area contributed by atoms with E-state index in [1.54, 1.807) is 12.6 Å². The first kappa shape index (κ1) is 10.3. The second-order valence-corrected chi connectivity index (χ2v) is 3.05. The van der Waals surface area contributed by atoms with Gasteiger partial charge >= 0.3 is 0 Å². The average molecular weight is 202 g/mol. The van der Waals surface area contributed by atoms with Crippen LogP contribution in [0, 0.1) is 0 Å².